The van der Waals surface area contributed by atoms with Crippen molar-refractivity contribution in [3.8, 4) is 0 Å². The van der Waals surface area contributed by atoms with Crippen LogP contribution in [0.2, 0.25) is 5.02 Å². The van der Waals surface area contributed by atoms with Crippen LogP contribution in [0.4, 0.5) is 11.5 Å². The summed E-state index contributed by atoms with van der Waals surface area (Å²) in [5.74, 6) is 0.297. The molecule has 2 N–H and O–H groups in total. The zero-order chi connectivity index (χ0) is 17.7. The summed E-state index contributed by atoms with van der Waals surface area (Å²) < 4.78 is 0. The minimum atomic E-state index is -0.228. The third-order valence-corrected chi connectivity index (χ3v) is 3.73. The highest BCUT2D eigenvalue weighted by Gasteiger charge is 2.11. The van der Waals surface area contributed by atoms with Crippen LogP contribution in [0.3, 0.4) is 0 Å². The second-order valence-electron chi connectivity index (χ2n) is 5.91. The molecule has 0 saturated carbocycles. The molecule has 0 aliphatic heterocycles. The Morgan fingerprint density at radius 3 is 2.62 bits per heavy atom. The third kappa shape index (κ3) is 4.91. The van der Waals surface area contributed by atoms with Crippen molar-refractivity contribution in [2.45, 2.75) is 13.8 Å². The standard InChI is InChI=1S/C17H22ClN5O/c1-11-7-12(2)16(13(18)8-11)22-15-9-14(20-10-21-15)17(24)19-5-6-23(3)4/h7-10H,5-6H2,1-4H3,(H,19,24)(H,20,21,22). The summed E-state index contributed by atoms with van der Waals surface area (Å²) >= 11 is 6.30. The lowest BCUT2D eigenvalue weighted by Crippen LogP contribution is -2.31. The molecular formula is C17H22ClN5O. The summed E-state index contributed by atoms with van der Waals surface area (Å²) in [4.78, 5) is 22.3. The van der Waals surface area contributed by atoms with Crippen LogP contribution in [-0.2, 0) is 0 Å². The molecule has 1 heterocycles. The van der Waals surface area contributed by atoms with E-state index in [1.807, 2.05) is 45.0 Å². The molecule has 0 radical (unpaired) electrons. The number of aromatic nitrogens is 2. The lowest BCUT2D eigenvalue weighted by molar-refractivity contribution is 0.0946. The van der Waals surface area contributed by atoms with Crippen molar-refractivity contribution in [3.63, 3.8) is 0 Å². The molecule has 0 atom stereocenters. The Hall–Kier alpha value is -2.18. The van der Waals surface area contributed by atoms with E-state index in [4.69, 9.17) is 11.6 Å². The van der Waals surface area contributed by atoms with Gasteiger partial charge in [0.2, 0.25) is 0 Å². The minimum Gasteiger partial charge on any atom is -0.349 e. The van der Waals surface area contributed by atoms with Gasteiger partial charge in [-0.05, 0) is 45.1 Å². The van der Waals surface area contributed by atoms with E-state index in [2.05, 4.69) is 20.6 Å². The van der Waals surface area contributed by atoms with Gasteiger partial charge in [-0.25, -0.2) is 9.97 Å². The fourth-order valence-corrected chi connectivity index (χ4v) is 2.60. The number of carbonyl (C=O) groups is 1. The molecule has 0 unspecified atom stereocenters. The average Bonchev–Trinajstić information content (AvgIpc) is 2.50. The number of nitrogens with one attached hydrogen (secondary N) is 2. The van der Waals surface area contributed by atoms with E-state index in [9.17, 15) is 4.79 Å². The zero-order valence-electron chi connectivity index (χ0n) is 14.4. The van der Waals surface area contributed by atoms with Crippen LogP contribution in [0, 0.1) is 13.8 Å². The number of carbonyl (C=O) groups excluding carboxylic acids is 1. The van der Waals surface area contributed by atoms with E-state index >= 15 is 0 Å². The second kappa shape index (κ2) is 8.08. The third-order valence-electron chi connectivity index (χ3n) is 3.43. The van der Waals surface area contributed by atoms with Gasteiger partial charge in [0.1, 0.15) is 17.8 Å². The Bertz CT molecular complexity index is 710. The minimum absolute atomic E-state index is 0.228. The summed E-state index contributed by atoms with van der Waals surface area (Å²) in [5.41, 5.74) is 3.19. The number of anilines is 2. The maximum atomic E-state index is 12.1. The van der Waals surface area contributed by atoms with Crippen molar-refractivity contribution in [2.75, 3.05) is 32.5 Å². The number of hydrogen-bond donors (Lipinski definition) is 2. The Labute approximate surface area is 147 Å². The molecular weight excluding hydrogens is 326 g/mol. The summed E-state index contributed by atoms with van der Waals surface area (Å²) in [6.45, 7) is 5.28. The summed E-state index contributed by atoms with van der Waals surface area (Å²) in [7, 11) is 3.90. The van der Waals surface area contributed by atoms with Gasteiger partial charge in [0.15, 0.2) is 0 Å². The smallest absolute Gasteiger partial charge is 0.270 e. The molecule has 128 valence electrons. The van der Waals surface area contributed by atoms with Crippen LogP contribution in [0.25, 0.3) is 0 Å². The first-order valence-corrected chi connectivity index (χ1v) is 8.03. The van der Waals surface area contributed by atoms with Crippen LogP contribution in [0.5, 0.6) is 0 Å². The molecule has 0 saturated heterocycles. The Morgan fingerprint density at radius 1 is 1.21 bits per heavy atom. The van der Waals surface area contributed by atoms with E-state index < -0.39 is 0 Å². The Balaban J connectivity index is 2.12. The number of hydrogen-bond acceptors (Lipinski definition) is 5. The molecule has 24 heavy (non-hydrogen) atoms. The number of likely N-dealkylation sites (N-methyl/N-ethyl adjacent to an activating group) is 1. The van der Waals surface area contributed by atoms with Gasteiger partial charge in [-0.2, -0.15) is 0 Å². The van der Waals surface area contributed by atoms with Crippen molar-refractivity contribution >= 4 is 29.0 Å². The molecule has 1 aromatic carbocycles. The number of benzene rings is 1. The van der Waals surface area contributed by atoms with Gasteiger partial charge in [-0.15, -0.1) is 0 Å². The van der Waals surface area contributed by atoms with Crippen LogP contribution in [0.1, 0.15) is 21.6 Å². The number of aryl methyl sites for hydroxylation is 2. The maximum Gasteiger partial charge on any atom is 0.270 e. The highest BCUT2D eigenvalue weighted by Crippen LogP contribution is 2.29. The molecule has 1 amide bonds. The first-order chi connectivity index (χ1) is 11.4. The predicted molar refractivity (Wildman–Crippen MR) is 97.1 cm³/mol. The zero-order valence-corrected chi connectivity index (χ0v) is 15.1. The normalized spacial score (nSPS) is 10.8. The van der Waals surface area contributed by atoms with E-state index in [1.54, 1.807) is 6.07 Å². The van der Waals surface area contributed by atoms with Crippen molar-refractivity contribution in [1.29, 1.82) is 0 Å². The van der Waals surface area contributed by atoms with Gasteiger partial charge in [-0.3, -0.25) is 4.79 Å². The molecule has 0 aliphatic rings. The topological polar surface area (TPSA) is 70.2 Å². The summed E-state index contributed by atoms with van der Waals surface area (Å²) in [5, 5.41) is 6.61. The average molecular weight is 348 g/mol. The van der Waals surface area contributed by atoms with Crippen LogP contribution in [-0.4, -0.2) is 48.0 Å². The van der Waals surface area contributed by atoms with E-state index in [0.717, 1.165) is 23.4 Å². The molecule has 0 spiro atoms. The lowest BCUT2D eigenvalue weighted by atomic mass is 10.1. The van der Waals surface area contributed by atoms with Gasteiger partial charge in [0, 0.05) is 19.2 Å². The summed E-state index contributed by atoms with van der Waals surface area (Å²) in [6.07, 6.45) is 1.36. The fourth-order valence-electron chi connectivity index (χ4n) is 2.24. The predicted octanol–water partition coefficient (Wildman–Crippen LogP) is 2.78. The van der Waals surface area contributed by atoms with Gasteiger partial charge < -0.3 is 15.5 Å². The first kappa shape index (κ1) is 18.2. The Morgan fingerprint density at radius 2 is 1.96 bits per heavy atom. The summed E-state index contributed by atoms with van der Waals surface area (Å²) in [6, 6.07) is 5.53. The van der Waals surface area contributed by atoms with Crippen molar-refractivity contribution < 1.29 is 4.79 Å². The fraction of sp³-hybridized carbons (Fsp3) is 0.353. The van der Waals surface area contributed by atoms with Crippen LogP contribution in [0.15, 0.2) is 24.5 Å². The molecule has 2 aromatic rings. The quantitative estimate of drug-likeness (QED) is 0.840. The first-order valence-electron chi connectivity index (χ1n) is 7.65. The van der Waals surface area contributed by atoms with Crippen LogP contribution >= 0.6 is 11.6 Å². The van der Waals surface area contributed by atoms with Gasteiger partial charge >= 0.3 is 0 Å². The monoisotopic (exact) mass is 347 g/mol. The highest BCUT2D eigenvalue weighted by atomic mass is 35.5. The van der Waals surface area contributed by atoms with Gasteiger partial charge in [0.25, 0.3) is 5.91 Å². The lowest BCUT2D eigenvalue weighted by Gasteiger charge is -2.13. The van der Waals surface area contributed by atoms with E-state index in [1.165, 1.54) is 6.33 Å². The van der Waals surface area contributed by atoms with E-state index in [-0.39, 0.29) is 5.91 Å². The van der Waals surface area contributed by atoms with Gasteiger partial charge in [-0.1, -0.05) is 17.7 Å². The number of rotatable bonds is 6. The molecule has 0 fully saturated rings. The van der Waals surface area contributed by atoms with Gasteiger partial charge in [0.05, 0.1) is 10.7 Å². The van der Waals surface area contributed by atoms with Crippen molar-refractivity contribution in [1.82, 2.24) is 20.2 Å². The van der Waals surface area contributed by atoms with Crippen molar-refractivity contribution in [3.05, 3.63) is 46.4 Å². The largest absolute Gasteiger partial charge is 0.349 e. The number of amides is 1. The highest BCUT2D eigenvalue weighted by molar-refractivity contribution is 6.33. The molecule has 1 aromatic heterocycles. The second-order valence-corrected chi connectivity index (χ2v) is 6.32. The molecule has 6 nitrogen and oxygen atoms in total. The van der Waals surface area contributed by atoms with Crippen LogP contribution < -0.4 is 10.6 Å². The Kier molecular flexibility index (Phi) is 6.11. The van der Waals surface area contributed by atoms with E-state index in [0.29, 0.717) is 23.1 Å². The number of halogens is 1. The molecule has 2 rings (SSSR count). The molecule has 7 heteroatoms. The molecule has 0 bridgehead atoms. The number of nitrogens with zero attached hydrogens (tertiary/aromatic N) is 3. The van der Waals surface area contributed by atoms with Crippen molar-refractivity contribution in [2.24, 2.45) is 0 Å². The molecule has 0 aliphatic carbocycles. The maximum absolute atomic E-state index is 12.1. The SMILES string of the molecule is Cc1cc(C)c(Nc2cc(C(=O)NCCN(C)C)ncn2)c(Cl)c1.